The van der Waals surface area contributed by atoms with Crippen LogP contribution in [0.2, 0.25) is 0 Å². The third-order valence-electron chi connectivity index (χ3n) is 5.73. The number of nitrogens with zero attached hydrogens (tertiary/aromatic N) is 3. The van der Waals surface area contributed by atoms with E-state index >= 15 is 0 Å². The molecule has 158 valence electrons. The van der Waals surface area contributed by atoms with E-state index in [0.29, 0.717) is 22.2 Å². The summed E-state index contributed by atoms with van der Waals surface area (Å²) in [6.07, 6.45) is 3.16. The molecule has 0 aliphatic carbocycles. The molecule has 1 aromatic carbocycles. The molecule has 0 bridgehead atoms. The molecule has 0 saturated heterocycles. The molecule has 4 rings (SSSR count). The van der Waals surface area contributed by atoms with E-state index < -0.39 is 0 Å². The first-order valence-electron chi connectivity index (χ1n) is 10.2. The lowest BCUT2D eigenvalue weighted by atomic mass is 10.1. The third kappa shape index (κ3) is 3.74. The Balaban J connectivity index is 1.72. The summed E-state index contributed by atoms with van der Waals surface area (Å²) in [6, 6.07) is 12.0. The second kappa shape index (κ2) is 8.18. The number of pyridine rings is 1. The van der Waals surface area contributed by atoms with Crippen LogP contribution in [0.4, 0.5) is 0 Å². The number of hydrogen-bond donors (Lipinski definition) is 2. The number of rotatable bonds is 5. The summed E-state index contributed by atoms with van der Waals surface area (Å²) < 4.78 is 2.06. The van der Waals surface area contributed by atoms with Crippen molar-refractivity contribution in [3.63, 3.8) is 0 Å². The summed E-state index contributed by atoms with van der Waals surface area (Å²) in [4.78, 5) is 36.9. The molecule has 0 fully saturated rings. The van der Waals surface area contributed by atoms with Crippen molar-refractivity contribution in [3.8, 4) is 0 Å². The molecule has 0 saturated carbocycles. The van der Waals surface area contributed by atoms with Gasteiger partial charge in [0.1, 0.15) is 12.0 Å². The Bertz CT molecular complexity index is 1320. The number of carbonyl (C=O) groups is 1. The number of fused-ring (bicyclic) bond motifs is 1. The van der Waals surface area contributed by atoms with Crippen LogP contribution in [0.5, 0.6) is 0 Å². The molecule has 7 heteroatoms. The molecule has 0 radical (unpaired) electrons. The number of hydrogen-bond acceptors (Lipinski definition) is 4. The van der Waals surface area contributed by atoms with Crippen molar-refractivity contribution in [2.75, 3.05) is 0 Å². The maximum absolute atomic E-state index is 13.2. The van der Waals surface area contributed by atoms with Gasteiger partial charge in [0.15, 0.2) is 0 Å². The van der Waals surface area contributed by atoms with Crippen molar-refractivity contribution in [2.45, 2.75) is 40.3 Å². The molecule has 1 amide bonds. The van der Waals surface area contributed by atoms with Gasteiger partial charge in [-0.2, -0.15) is 0 Å². The van der Waals surface area contributed by atoms with E-state index in [2.05, 4.69) is 43.9 Å². The van der Waals surface area contributed by atoms with E-state index in [0.717, 1.165) is 22.5 Å². The summed E-state index contributed by atoms with van der Waals surface area (Å²) in [5.74, 6) is -0.254. The Hall–Kier alpha value is -3.74. The van der Waals surface area contributed by atoms with E-state index in [1.165, 1.54) is 6.33 Å². The first-order valence-corrected chi connectivity index (χ1v) is 10.2. The Kier molecular flexibility index (Phi) is 5.42. The van der Waals surface area contributed by atoms with Gasteiger partial charge < -0.3 is 14.9 Å². The van der Waals surface area contributed by atoms with Crippen molar-refractivity contribution in [3.05, 3.63) is 92.9 Å². The fourth-order valence-electron chi connectivity index (χ4n) is 4.17. The van der Waals surface area contributed by atoms with E-state index in [1.807, 2.05) is 45.0 Å². The monoisotopic (exact) mass is 415 g/mol. The summed E-state index contributed by atoms with van der Waals surface area (Å²) in [5.41, 5.74) is 5.17. The molecule has 2 N–H and O–H groups in total. The molecule has 3 aromatic heterocycles. The van der Waals surface area contributed by atoms with Crippen LogP contribution >= 0.6 is 0 Å². The topological polar surface area (TPSA) is 92.7 Å². The molecular weight excluding hydrogens is 390 g/mol. The number of aryl methyl sites for hydroxylation is 2. The molecule has 1 unspecified atom stereocenters. The third-order valence-corrected chi connectivity index (χ3v) is 5.73. The number of benzene rings is 1. The standard InChI is InChI=1S/C24H25N5O2/c1-14-10-15(2)28-23(30)19(14)12-26-24(31)21-17(4)29(22-20(21)11-25-13-27-22)16(3)18-8-6-5-7-9-18/h5-11,13,16H,12H2,1-4H3,(H,26,31)(H,28,30). The van der Waals surface area contributed by atoms with Gasteiger partial charge >= 0.3 is 0 Å². The van der Waals surface area contributed by atoms with Crippen molar-refractivity contribution in [1.82, 2.24) is 24.8 Å². The van der Waals surface area contributed by atoms with Crippen LogP contribution in [0, 0.1) is 20.8 Å². The van der Waals surface area contributed by atoms with Crippen molar-refractivity contribution < 1.29 is 4.79 Å². The molecule has 4 aromatic rings. The van der Waals surface area contributed by atoms with Crippen LogP contribution in [0.25, 0.3) is 11.0 Å². The van der Waals surface area contributed by atoms with Gasteiger partial charge in [0.05, 0.1) is 17.0 Å². The fraction of sp³-hybridized carbons (Fsp3) is 0.250. The zero-order valence-corrected chi connectivity index (χ0v) is 18.1. The minimum absolute atomic E-state index is 0.0117. The number of amides is 1. The van der Waals surface area contributed by atoms with E-state index in [-0.39, 0.29) is 24.1 Å². The lowest BCUT2D eigenvalue weighted by Crippen LogP contribution is -2.28. The Labute approximate surface area is 180 Å². The number of H-pyrrole nitrogens is 1. The minimum Gasteiger partial charge on any atom is -0.348 e. The number of aromatic amines is 1. The van der Waals surface area contributed by atoms with Crippen LogP contribution in [-0.2, 0) is 6.54 Å². The maximum atomic E-state index is 13.2. The Morgan fingerprint density at radius 2 is 1.94 bits per heavy atom. The van der Waals surface area contributed by atoms with E-state index in [1.54, 1.807) is 6.20 Å². The van der Waals surface area contributed by atoms with Gasteiger partial charge in [-0.25, -0.2) is 9.97 Å². The van der Waals surface area contributed by atoms with Gasteiger partial charge in [-0.1, -0.05) is 30.3 Å². The van der Waals surface area contributed by atoms with E-state index in [9.17, 15) is 9.59 Å². The summed E-state index contributed by atoms with van der Waals surface area (Å²) in [7, 11) is 0. The Morgan fingerprint density at radius 1 is 1.19 bits per heavy atom. The average molecular weight is 415 g/mol. The van der Waals surface area contributed by atoms with Gasteiger partial charge in [0.2, 0.25) is 0 Å². The minimum atomic E-state index is -0.254. The second-order valence-electron chi connectivity index (χ2n) is 7.80. The highest BCUT2D eigenvalue weighted by Crippen LogP contribution is 2.30. The highest BCUT2D eigenvalue weighted by Gasteiger charge is 2.24. The predicted molar refractivity (Wildman–Crippen MR) is 120 cm³/mol. The highest BCUT2D eigenvalue weighted by atomic mass is 16.2. The van der Waals surface area contributed by atoms with Crippen LogP contribution in [-0.4, -0.2) is 25.4 Å². The Morgan fingerprint density at radius 3 is 2.65 bits per heavy atom. The van der Waals surface area contributed by atoms with Crippen molar-refractivity contribution in [2.24, 2.45) is 0 Å². The van der Waals surface area contributed by atoms with Crippen molar-refractivity contribution >= 4 is 16.9 Å². The average Bonchev–Trinajstić information content (AvgIpc) is 3.04. The molecule has 1 atom stereocenters. The lowest BCUT2D eigenvalue weighted by molar-refractivity contribution is 0.0951. The lowest BCUT2D eigenvalue weighted by Gasteiger charge is -2.17. The van der Waals surface area contributed by atoms with Gasteiger partial charge in [-0.15, -0.1) is 0 Å². The van der Waals surface area contributed by atoms with Crippen LogP contribution in [0.3, 0.4) is 0 Å². The molecule has 3 heterocycles. The second-order valence-corrected chi connectivity index (χ2v) is 7.80. The zero-order chi connectivity index (χ0) is 22.1. The smallest absolute Gasteiger partial charge is 0.254 e. The summed E-state index contributed by atoms with van der Waals surface area (Å²) in [5, 5.41) is 3.60. The van der Waals surface area contributed by atoms with E-state index in [4.69, 9.17) is 0 Å². The highest BCUT2D eigenvalue weighted by molar-refractivity contribution is 6.07. The molecule has 0 spiro atoms. The van der Waals surface area contributed by atoms with Crippen LogP contribution < -0.4 is 10.9 Å². The van der Waals surface area contributed by atoms with Gasteiger partial charge in [0.25, 0.3) is 11.5 Å². The molecule has 0 aliphatic rings. The normalized spacial score (nSPS) is 12.1. The zero-order valence-electron chi connectivity index (χ0n) is 18.1. The van der Waals surface area contributed by atoms with Gasteiger partial charge in [-0.05, 0) is 44.9 Å². The predicted octanol–water partition coefficient (Wildman–Crippen LogP) is 3.58. The largest absolute Gasteiger partial charge is 0.348 e. The van der Waals surface area contributed by atoms with Gasteiger partial charge in [0, 0.05) is 29.7 Å². The molecule has 31 heavy (non-hydrogen) atoms. The first kappa shape index (κ1) is 20.5. The first-order chi connectivity index (χ1) is 14.9. The van der Waals surface area contributed by atoms with Crippen molar-refractivity contribution in [1.29, 1.82) is 0 Å². The van der Waals surface area contributed by atoms with Gasteiger partial charge in [-0.3, -0.25) is 9.59 Å². The molecular formula is C24H25N5O2. The number of carbonyl (C=O) groups excluding carboxylic acids is 1. The van der Waals surface area contributed by atoms with Crippen LogP contribution in [0.1, 0.15) is 51.4 Å². The number of nitrogens with one attached hydrogen (secondary N) is 2. The fourth-order valence-corrected chi connectivity index (χ4v) is 4.17. The number of aromatic nitrogens is 4. The summed E-state index contributed by atoms with van der Waals surface area (Å²) >= 11 is 0. The SMILES string of the molecule is Cc1cc(C)c(CNC(=O)c2c(C)n(C(C)c3ccccc3)c3ncncc23)c(=O)[nH]1. The quantitative estimate of drug-likeness (QED) is 0.521. The van der Waals surface area contributed by atoms with Crippen LogP contribution in [0.15, 0.2) is 53.7 Å². The maximum Gasteiger partial charge on any atom is 0.254 e. The molecule has 0 aliphatic heterocycles. The summed E-state index contributed by atoms with van der Waals surface area (Å²) in [6.45, 7) is 7.86. The molecule has 7 nitrogen and oxygen atoms in total.